The van der Waals surface area contributed by atoms with E-state index in [1.165, 1.54) is 12.1 Å². The third-order valence-corrected chi connectivity index (χ3v) is 7.45. The van der Waals surface area contributed by atoms with Gasteiger partial charge in [0.05, 0.1) is 23.0 Å². The molecule has 36 heavy (non-hydrogen) atoms. The highest BCUT2D eigenvalue weighted by atomic mass is 35.5. The smallest absolute Gasteiger partial charge is 0.224 e. The first-order valence-corrected chi connectivity index (χ1v) is 12.6. The minimum atomic E-state index is -1.15. The molecule has 192 valence electrons. The van der Waals surface area contributed by atoms with E-state index in [1.54, 1.807) is 6.20 Å². The number of nitrogens with one attached hydrogen (secondary N) is 2. The Labute approximate surface area is 211 Å². The monoisotopic (exact) mass is 519 g/mol. The van der Waals surface area contributed by atoms with Crippen LogP contribution < -0.4 is 16.4 Å². The van der Waals surface area contributed by atoms with E-state index in [9.17, 15) is 18.7 Å². The number of hydrogen-bond donors (Lipinski definition) is 4. The molecular formula is C24H28ClF2N7O2. The number of fused-ring (bicyclic) bond motifs is 1. The van der Waals surface area contributed by atoms with Crippen molar-refractivity contribution in [2.45, 2.75) is 69.6 Å². The molecule has 0 unspecified atom stereocenters. The minimum absolute atomic E-state index is 0.0531. The van der Waals surface area contributed by atoms with Gasteiger partial charge in [-0.1, -0.05) is 11.6 Å². The number of imidazole rings is 1. The number of halogens is 3. The summed E-state index contributed by atoms with van der Waals surface area (Å²) in [4.78, 5) is 25.4. The van der Waals surface area contributed by atoms with Crippen molar-refractivity contribution in [1.29, 1.82) is 0 Å². The number of nitrogens with zero attached hydrogens (tertiary/aromatic N) is 4. The molecule has 0 radical (unpaired) electrons. The van der Waals surface area contributed by atoms with Crippen LogP contribution in [0.1, 0.15) is 57.4 Å². The highest BCUT2D eigenvalue weighted by Crippen LogP contribution is 2.37. The van der Waals surface area contributed by atoms with Crippen LogP contribution in [0, 0.1) is 17.6 Å². The van der Waals surface area contributed by atoms with Crippen LogP contribution in [0.4, 0.5) is 26.4 Å². The molecule has 2 heterocycles. The van der Waals surface area contributed by atoms with Crippen molar-refractivity contribution < 1.29 is 18.7 Å². The van der Waals surface area contributed by atoms with Gasteiger partial charge in [0.1, 0.15) is 5.52 Å². The van der Waals surface area contributed by atoms with Gasteiger partial charge in [0, 0.05) is 18.0 Å². The molecule has 5 N–H and O–H groups in total. The van der Waals surface area contributed by atoms with E-state index in [-0.39, 0.29) is 46.7 Å². The third-order valence-electron chi connectivity index (χ3n) is 7.16. The first-order valence-electron chi connectivity index (χ1n) is 12.2. The lowest BCUT2D eigenvalue weighted by Crippen LogP contribution is -2.30. The van der Waals surface area contributed by atoms with E-state index in [4.69, 9.17) is 22.3 Å². The number of aliphatic hydroxyl groups is 1. The Morgan fingerprint density at radius 1 is 1.11 bits per heavy atom. The Kier molecular flexibility index (Phi) is 6.94. The fourth-order valence-corrected chi connectivity index (χ4v) is 5.38. The fourth-order valence-electron chi connectivity index (χ4n) is 5.23. The van der Waals surface area contributed by atoms with Crippen molar-refractivity contribution in [1.82, 2.24) is 19.5 Å². The summed E-state index contributed by atoms with van der Waals surface area (Å²) in [5.41, 5.74) is 6.42. The number of amides is 1. The maximum atomic E-state index is 14.6. The zero-order valence-corrected chi connectivity index (χ0v) is 20.3. The summed E-state index contributed by atoms with van der Waals surface area (Å²) in [5, 5.41) is 15.9. The Morgan fingerprint density at radius 3 is 2.61 bits per heavy atom. The van der Waals surface area contributed by atoms with Crippen LogP contribution in [0.2, 0.25) is 5.02 Å². The van der Waals surface area contributed by atoms with E-state index in [0.29, 0.717) is 49.2 Å². The van der Waals surface area contributed by atoms with Crippen molar-refractivity contribution in [2.75, 3.05) is 10.6 Å². The number of primary amides is 1. The van der Waals surface area contributed by atoms with Gasteiger partial charge in [-0.05, 0) is 63.5 Å². The van der Waals surface area contributed by atoms with E-state index in [1.807, 2.05) is 4.57 Å². The number of carbonyl (C=O) groups is 1. The summed E-state index contributed by atoms with van der Waals surface area (Å²) in [6.45, 7) is 0. The molecule has 2 atom stereocenters. The van der Waals surface area contributed by atoms with Crippen molar-refractivity contribution in [2.24, 2.45) is 11.7 Å². The van der Waals surface area contributed by atoms with Gasteiger partial charge in [0.15, 0.2) is 17.3 Å². The third kappa shape index (κ3) is 4.94. The number of aromatic nitrogens is 4. The molecule has 9 nitrogen and oxygen atoms in total. The van der Waals surface area contributed by atoms with E-state index < -0.39 is 11.6 Å². The molecule has 0 bridgehead atoms. The maximum Gasteiger partial charge on any atom is 0.224 e. The zero-order valence-electron chi connectivity index (χ0n) is 19.6. The maximum absolute atomic E-state index is 14.6. The largest absolute Gasteiger partial charge is 0.393 e. The number of carbonyl (C=O) groups excluding carboxylic acids is 1. The first kappa shape index (κ1) is 24.6. The van der Waals surface area contributed by atoms with Gasteiger partial charge in [0.25, 0.3) is 0 Å². The molecule has 3 aromatic rings. The molecule has 0 spiro atoms. The van der Waals surface area contributed by atoms with Gasteiger partial charge in [-0.2, -0.15) is 4.98 Å². The lowest BCUT2D eigenvalue weighted by Gasteiger charge is -2.29. The summed E-state index contributed by atoms with van der Waals surface area (Å²) in [6, 6.07) is 2.58. The van der Waals surface area contributed by atoms with Gasteiger partial charge >= 0.3 is 0 Å². The van der Waals surface area contributed by atoms with Crippen molar-refractivity contribution in [3.8, 4) is 0 Å². The van der Waals surface area contributed by atoms with Gasteiger partial charge in [0.2, 0.25) is 17.8 Å². The van der Waals surface area contributed by atoms with E-state index >= 15 is 0 Å². The van der Waals surface area contributed by atoms with Crippen LogP contribution in [-0.2, 0) is 4.79 Å². The molecule has 0 saturated heterocycles. The van der Waals surface area contributed by atoms with Gasteiger partial charge in [-0.15, -0.1) is 0 Å². The summed E-state index contributed by atoms with van der Waals surface area (Å²) in [6.07, 6.45) is 6.97. The summed E-state index contributed by atoms with van der Waals surface area (Å²) >= 11 is 5.71. The average molecular weight is 520 g/mol. The van der Waals surface area contributed by atoms with Crippen LogP contribution in [0.15, 0.2) is 18.3 Å². The number of benzene rings is 1. The number of nitrogens with two attached hydrogens (primary N) is 1. The van der Waals surface area contributed by atoms with E-state index in [2.05, 4.69) is 20.6 Å². The normalized spacial score (nSPS) is 24.6. The molecule has 1 aromatic carbocycles. The van der Waals surface area contributed by atoms with Gasteiger partial charge in [-0.25, -0.2) is 18.7 Å². The quantitative estimate of drug-likeness (QED) is 0.354. The van der Waals surface area contributed by atoms with Gasteiger partial charge in [-0.3, -0.25) is 9.36 Å². The second-order valence-corrected chi connectivity index (χ2v) is 10.0. The Balaban J connectivity index is 1.51. The molecule has 2 saturated carbocycles. The molecule has 2 aromatic heterocycles. The second-order valence-electron chi connectivity index (χ2n) is 9.63. The average Bonchev–Trinajstić information content (AvgIpc) is 3.21. The molecule has 12 heteroatoms. The minimum Gasteiger partial charge on any atom is -0.393 e. The summed E-state index contributed by atoms with van der Waals surface area (Å²) in [7, 11) is 0. The molecule has 0 aliphatic heterocycles. The highest BCUT2D eigenvalue weighted by molar-refractivity contribution is 6.30. The molecular weight excluding hydrogens is 492 g/mol. The topological polar surface area (TPSA) is 131 Å². The van der Waals surface area contributed by atoms with Crippen LogP contribution in [0.25, 0.3) is 11.2 Å². The van der Waals surface area contributed by atoms with Gasteiger partial charge < -0.3 is 21.5 Å². The van der Waals surface area contributed by atoms with Crippen LogP contribution in [-0.4, -0.2) is 42.7 Å². The Bertz CT molecular complexity index is 1280. The van der Waals surface area contributed by atoms with Crippen molar-refractivity contribution in [3.63, 3.8) is 0 Å². The van der Waals surface area contributed by atoms with Crippen LogP contribution in [0.5, 0.6) is 0 Å². The molecule has 2 aliphatic rings. The fraction of sp³-hybridized carbons (Fsp3) is 0.500. The predicted octanol–water partition coefficient (Wildman–Crippen LogP) is 4.43. The van der Waals surface area contributed by atoms with Crippen molar-refractivity contribution >= 4 is 46.3 Å². The lowest BCUT2D eigenvalue weighted by molar-refractivity contribution is -0.122. The summed E-state index contributed by atoms with van der Waals surface area (Å²) in [5.74, 6) is -2.07. The lowest BCUT2D eigenvalue weighted by atomic mass is 9.85. The summed E-state index contributed by atoms with van der Waals surface area (Å²) < 4.78 is 30.6. The number of hydrogen-bond acceptors (Lipinski definition) is 7. The molecule has 2 fully saturated rings. The Hall–Kier alpha value is -3.05. The SMILES string of the molecule is NC(=O)C1CCC(n2c(Nc3ccc(Cl)c(F)c3F)nc3cnc(N[C@H]4CCC[C@@H](O)C4)nc32)CC1. The number of rotatable bonds is 6. The van der Waals surface area contributed by atoms with Crippen LogP contribution >= 0.6 is 11.6 Å². The predicted molar refractivity (Wildman–Crippen MR) is 132 cm³/mol. The first-order chi connectivity index (χ1) is 17.3. The molecule has 1 amide bonds. The van der Waals surface area contributed by atoms with Crippen LogP contribution in [0.3, 0.4) is 0 Å². The molecule has 5 rings (SSSR count). The standard InChI is InChI=1S/C24H28ClF2N7O2/c25-16-8-9-17(20(27)19(16)26)31-24-32-18-11-29-23(30-13-2-1-3-15(35)10-13)33-22(18)34(24)14-6-4-12(5-7-14)21(28)36/h8-9,11-15,35H,1-7,10H2,(H2,28,36)(H,31,32)(H,29,30,33)/t12?,13-,14?,15+/m0/s1. The van der Waals surface area contributed by atoms with E-state index in [0.717, 1.165) is 19.3 Å². The van der Waals surface area contributed by atoms with Crippen molar-refractivity contribution in [3.05, 3.63) is 35.0 Å². The highest BCUT2D eigenvalue weighted by Gasteiger charge is 2.30. The molecule has 2 aliphatic carbocycles. The zero-order chi connectivity index (χ0) is 25.4. The second kappa shape index (κ2) is 10.1. The Morgan fingerprint density at radius 2 is 1.89 bits per heavy atom. The number of anilines is 3. The number of aliphatic hydroxyl groups excluding tert-OH is 1.